The van der Waals surface area contributed by atoms with E-state index in [1.165, 1.54) is 0 Å². The van der Waals surface area contributed by atoms with E-state index >= 15 is 0 Å². The fourth-order valence-electron chi connectivity index (χ4n) is 2.91. The van der Waals surface area contributed by atoms with Crippen LogP contribution in [-0.2, 0) is 10.0 Å². The minimum Gasteiger partial charge on any atom is -0.306 e. The topological polar surface area (TPSA) is 91.9 Å². The first kappa shape index (κ1) is 17.9. The number of fused-ring (bicyclic) bond motifs is 1. The van der Waals surface area contributed by atoms with Gasteiger partial charge < -0.3 is 4.98 Å². The van der Waals surface area contributed by atoms with Gasteiger partial charge in [0.1, 0.15) is 5.82 Å². The standard InChI is InChI=1S/C21H17N3O3S/c1-14-10-12-15(13-11-14)28(26,27)24-19-9-5-2-6-16(19)20-22-18-8-4-3-7-17(18)21(25)23-20/h2-13,24H,1H3,(H,22,23,25). The molecule has 0 fully saturated rings. The van der Waals surface area contributed by atoms with Crippen LogP contribution < -0.4 is 10.3 Å². The average Bonchev–Trinajstić information content (AvgIpc) is 2.68. The van der Waals surface area contributed by atoms with Gasteiger partial charge in [-0.15, -0.1) is 0 Å². The van der Waals surface area contributed by atoms with E-state index in [2.05, 4.69) is 14.7 Å². The van der Waals surface area contributed by atoms with Crippen molar-refractivity contribution in [3.8, 4) is 11.4 Å². The summed E-state index contributed by atoms with van der Waals surface area (Å²) in [4.78, 5) is 19.8. The number of anilines is 1. The van der Waals surface area contributed by atoms with Crippen molar-refractivity contribution in [3.63, 3.8) is 0 Å². The Kier molecular flexibility index (Phi) is 4.44. The minimum atomic E-state index is -3.78. The molecule has 0 spiro atoms. The zero-order chi connectivity index (χ0) is 19.7. The Bertz CT molecular complexity index is 1330. The van der Waals surface area contributed by atoms with E-state index in [9.17, 15) is 13.2 Å². The molecule has 1 heterocycles. The molecular formula is C21H17N3O3S. The number of hydrogen-bond donors (Lipinski definition) is 2. The molecule has 0 aliphatic carbocycles. The molecule has 0 atom stereocenters. The summed E-state index contributed by atoms with van der Waals surface area (Å²) >= 11 is 0. The molecule has 0 saturated carbocycles. The summed E-state index contributed by atoms with van der Waals surface area (Å²) < 4.78 is 28.1. The molecule has 0 aliphatic heterocycles. The molecule has 2 N–H and O–H groups in total. The SMILES string of the molecule is Cc1ccc(S(=O)(=O)Nc2ccccc2-c2nc3ccccc3c(=O)[nH]2)cc1. The Morgan fingerprint density at radius 3 is 2.36 bits per heavy atom. The highest BCUT2D eigenvalue weighted by Crippen LogP contribution is 2.27. The Morgan fingerprint density at radius 2 is 1.57 bits per heavy atom. The second-order valence-electron chi connectivity index (χ2n) is 6.40. The molecule has 6 nitrogen and oxygen atoms in total. The van der Waals surface area contributed by atoms with Gasteiger partial charge in [0.05, 0.1) is 21.5 Å². The van der Waals surface area contributed by atoms with E-state index in [-0.39, 0.29) is 10.5 Å². The van der Waals surface area contributed by atoms with Gasteiger partial charge in [-0.05, 0) is 43.3 Å². The lowest BCUT2D eigenvalue weighted by molar-refractivity contribution is 0.601. The van der Waals surface area contributed by atoms with Crippen LogP contribution in [0.1, 0.15) is 5.56 Å². The van der Waals surface area contributed by atoms with Crippen LogP contribution >= 0.6 is 0 Å². The van der Waals surface area contributed by atoms with E-state index in [0.717, 1.165) is 5.56 Å². The largest absolute Gasteiger partial charge is 0.306 e. The van der Waals surface area contributed by atoms with Gasteiger partial charge in [-0.25, -0.2) is 13.4 Å². The number of rotatable bonds is 4. The quantitative estimate of drug-likeness (QED) is 0.555. The molecule has 0 bridgehead atoms. The highest BCUT2D eigenvalue weighted by Gasteiger charge is 2.17. The molecule has 4 aromatic rings. The van der Waals surface area contributed by atoms with Crippen molar-refractivity contribution in [3.05, 3.63) is 88.7 Å². The first-order valence-electron chi connectivity index (χ1n) is 8.62. The number of para-hydroxylation sites is 2. The number of nitrogens with zero attached hydrogens (tertiary/aromatic N) is 1. The first-order chi connectivity index (χ1) is 13.4. The van der Waals surface area contributed by atoms with Crippen LogP contribution in [0, 0.1) is 6.92 Å². The molecule has 4 rings (SSSR count). The summed E-state index contributed by atoms with van der Waals surface area (Å²) in [5.41, 5.74) is 2.05. The Balaban J connectivity index is 1.80. The second-order valence-corrected chi connectivity index (χ2v) is 8.08. The number of aromatic nitrogens is 2. The second kappa shape index (κ2) is 6.94. The summed E-state index contributed by atoms with van der Waals surface area (Å²) in [5, 5.41) is 0.476. The number of sulfonamides is 1. The van der Waals surface area contributed by atoms with Gasteiger partial charge in [-0.1, -0.05) is 42.0 Å². The lowest BCUT2D eigenvalue weighted by Gasteiger charge is -2.13. The van der Waals surface area contributed by atoms with Crippen LogP contribution in [0.15, 0.2) is 82.5 Å². The highest BCUT2D eigenvalue weighted by molar-refractivity contribution is 7.92. The predicted molar refractivity (Wildman–Crippen MR) is 110 cm³/mol. The maximum atomic E-state index is 12.8. The summed E-state index contributed by atoms with van der Waals surface area (Å²) in [6.07, 6.45) is 0. The third-order valence-electron chi connectivity index (χ3n) is 4.37. The molecule has 0 unspecified atom stereocenters. The smallest absolute Gasteiger partial charge is 0.261 e. The van der Waals surface area contributed by atoms with Crippen LogP contribution in [0.25, 0.3) is 22.3 Å². The minimum absolute atomic E-state index is 0.160. The van der Waals surface area contributed by atoms with Crippen molar-refractivity contribution < 1.29 is 8.42 Å². The highest BCUT2D eigenvalue weighted by atomic mass is 32.2. The van der Waals surface area contributed by atoms with Gasteiger partial charge in [0.15, 0.2) is 0 Å². The van der Waals surface area contributed by atoms with Crippen LogP contribution in [0.5, 0.6) is 0 Å². The van der Waals surface area contributed by atoms with E-state index in [0.29, 0.717) is 28.0 Å². The van der Waals surface area contributed by atoms with Crippen molar-refractivity contribution in [1.82, 2.24) is 9.97 Å². The van der Waals surface area contributed by atoms with Crippen molar-refractivity contribution in [2.75, 3.05) is 4.72 Å². The third kappa shape index (κ3) is 3.39. The predicted octanol–water partition coefficient (Wildman–Crippen LogP) is 3.70. The van der Waals surface area contributed by atoms with Gasteiger partial charge in [0.25, 0.3) is 15.6 Å². The van der Waals surface area contributed by atoms with Gasteiger partial charge in [-0.2, -0.15) is 0 Å². The maximum Gasteiger partial charge on any atom is 0.261 e. The van der Waals surface area contributed by atoms with Crippen LogP contribution in [0.3, 0.4) is 0 Å². The average molecular weight is 391 g/mol. The van der Waals surface area contributed by atoms with E-state index < -0.39 is 10.0 Å². The maximum absolute atomic E-state index is 12.8. The summed E-state index contributed by atoms with van der Waals surface area (Å²) in [5.74, 6) is 0.297. The van der Waals surface area contributed by atoms with Crippen molar-refractivity contribution >= 4 is 26.6 Å². The van der Waals surface area contributed by atoms with Crippen LogP contribution in [-0.4, -0.2) is 18.4 Å². The number of benzene rings is 3. The lowest BCUT2D eigenvalue weighted by Crippen LogP contribution is -2.15. The Morgan fingerprint density at radius 1 is 0.893 bits per heavy atom. The number of H-pyrrole nitrogens is 1. The van der Waals surface area contributed by atoms with Gasteiger partial charge >= 0.3 is 0 Å². The summed E-state index contributed by atoms with van der Waals surface area (Å²) in [6, 6.07) is 20.4. The van der Waals surface area contributed by atoms with Crippen LogP contribution in [0.2, 0.25) is 0 Å². The van der Waals surface area contributed by atoms with Gasteiger partial charge in [-0.3, -0.25) is 9.52 Å². The molecule has 140 valence electrons. The van der Waals surface area contributed by atoms with Crippen LogP contribution in [0.4, 0.5) is 5.69 Å². The molecule has 0 radical (unpaired) electrons. The molecule has 7 heteroatoms. The van der Waals surface area contributed by atoms with Gasteiger partial charge in [0.2, 0.25) is 0 Å². The normalized spacial score (nSPS) is 11.5. The molecular weight excluding hydrogens is 374 g/mol. The third-order valence-corrected chi connectivity index (χ3v) is 5.75. The number of hydrogen-bond acceptors (Lipinski definition) is 4. The first-order valence-corrected chi connectivity index (χ1v) is 10.1. The molecule has 28 heavy (non-hydrogen) atoms. The Hall–Kier alpha value is -3.45. The lowest BCUT2D eigenvalue weighted by atomic mass is 10.1. The van der Waals surface area contributed by atoms with Crippen molar-refractivity contribution in [2.45, 2.75) is 11.8 Å². The zero-order valence-electron chi connectivity index (χ0n) is 15.0. The fourth-order valence-corrected chi connectivity index (χ4v) is 3.99. The number of aryl methyl sites for hydroxylation is 1. The number of nitrogens with one attached hydrogen (secondary N) is 2. The molecule has 1 aromatic heterocycles. The van der Waals surface area contributed by atoms with E-state index in [1.807, 2.05) is 6.92 Å². The Labute approximate surface area is 162 Å². The monoisotopic (exact) mass is 391 g/mol. The summed E-state index contributed by atoms with van der Waals surface area (Å²) in [7, 11) is -3.78. The molecule has 0 saturated heterocycles. The van der Waals surface area contributed by atoms with E-state index in [1.54, 1.807) is 72.8 Å². The van der Waals surface area contributed by atoms with Gasteiger partial charge in [0, 0.05) is 5.56 Å². The van der Waals surface area contributed by atoms with Crippen molar-refractivity contribution in [1.29, 1.82) is 0 Å². The molecule has 3 aromatic carbocycles. The van der Waals surface area contributed by atoms with E-state index in [4.69, 9.17) is 0 Å². The molecule has 0 aliphatic rings. The van der Waals surface area contributed by atoms with Crippen molar-refractivity contribution in [2.24, 2.45) is 0 Å². The summed E-state index contributed by atoms with van der Waals surface area (Å²) in [6.45, 7) is 1.89. The zero-order valence-corrected chi connectivity index (χ0v) is 15.8. The molecule has 0 amide bonds. The fraction of sp³-hybridized carbons (Fsp3) is 0.0476. The number of aromatic amines is 1.